The lowest BCUT2D eigenvalue weighted by Crippen LogP contribution is -2.12. The second-order valence-electron chi connectivity index (χ2n) is 7.03. The molecule has 0 unspecified atom stereocenters. The zero-order valence-electron chi connectivity index (χ0n) is 16.8. The van der Waals surface area contributed by atoms with Crippen molar-refractivity contribution < 1.29 is 22.7 Å². The van der Waals surface area contributed by atoms with Gasteiger partial charge in [0.15, 0.2) is 11.6 Å². The molecule has 0 aliphatic heterocycles. The van der Waals surface area contributed by atoms with Crippen molar-refractivity contribution in [2.24, 2.45) is 5.73 Å². The first-order valence-corrected chi connectivity index (χ1v) is 11.3. The van der Waals surface area contributed by atoms with E-state index < -0.39 is 22.4 Å². The van der Waals surface area contributed by atoms with Gasteiger partial charge in [-0.3, -0.25) is 4.98 Å². The fraction of sp³-hybridized carbons (Fsp3) is 0.0909. The van der Waals surface area contributed by atoms with Gasteiger partial charge in [0.25, 0.3) is 10.0 Å². The van der Waals surface area contributed by atoms with Gasteiger partial charge in [-0.15, -0.1) is 0 Å². The van der Waals surface area contributed by atoms with Gasteiger partial charge in [0, 0.05) is 35.5 Å². The molecule has 2 aromatic carbocycles. The number of thiocarbonyl (C=S) groups is 1. The third kappa shape index (κ3) is 3.83. The number of aliphatic hydroxyl groups is 1. The van der Waals surface area contributed by atoms with E-state index in [-0.39, 0.29) is 32.5 Å². The van der Waals surface area contributed by atoms with Crippen LogP contribution < -0.4 is 10.5 Å². The Balaban J connectivity index is 1.84. The van der Waals surface area contributed by atoms with E-state index in [2.05, 4.69) is 4.98 Å². The van der Waals surface area contributed by atoms with E-state index in [1.54, 1.807) is 12.1 Å². The normalized spacial score (nSPS) is 11.6. The van der Waals surface area contributed by atoms with E-state index in [9.17, 15) is 13.5 Å². The molecule has 10 heteroatoms. The van der Waals surface area contributed by atoms with Crippen molar-refractivity contribution in [1.29, 1.82) is 0 Å². The summed E-state index contributed by atoms with van der Waals surface area (Å²) in [7, 11) is -3.98. The Morgan fingerprint density at radius 2 is 1.94 bits per heavy atom. The first kappa shape index (κ1) is 21.9. The summed E-state index contributed by atoms with van der Waals surface area (Å²) in [6, 6.07) is 11.8. The van der Waals surface area contributed by atoms with Crippen LogP contribution in [0.25, 0.3) is 10.9 Å². The van der Waals surface area contributed by atoms with E-state index in [4.69, 9.17) is 22.7 Å². The third-order valence-corrected chi connectivity index (χ3v) is 6.82. The molecule has 0 saturated heterocycles. The van der Waals surface area contributed by atoms with E-state index in [0.29, 0.717) is 11.1 Å². The van der Waals surface area contributed by atoms with Crippen LogP contribution in [-0.4, -0.2) is 27.5 Å². The Morgan fingerprint density at radius 1 is 1.22 bits per heavy atom. The number of nitrogens with two attached hydrogens (primary N) is 1. The molecule has 0 atom stereocenters. The molecule has 7 nitrogen and oxygen atoms in total. The topological polar surface area (TPSA) is 107 Å². The molecule has 0 aliphatic carbocycles. The molecule has 0 spiro atoms. The summed E-state index contributed by atoms with van der Waals surface area (Å²) in [5.41, 5.74) is 6.96. The van der Waals surface area contributed by atoms with Crippen LogP contribution in [0.4, 0.5) is 4.39 Å². The number of pyridine rings is 1. The maximum Gasteiger partial charge on any atom is 0.268 e. The minimum atomic E-state index is -3.98. The van der Waals surface area contributed by atoms with Crippen molar-refractivity contribution in [3.8, 4) is 11.5 Å². The molecule has 32 heavy (non-hydrogen) atoms. The van der Waals surface area contributed by atoms with Crippen LogP contribution in [-0.2, 0) is 16.6 Å². The fourth-order valence-corrected chi connectivity index (χ4v) is 4.75. The van der Waals surface area contributed by atoms with Crippen molar-refractivity contribution in [2.45, 2.75) is 18.4 Å². The van der Waals surface area contributed by atoms with Gasteiger partial charge >= 0.3 is 0 Å². The lowest BCUT2D eigenvalue weighted by atomic mass is 10.1. The summed E-state index contributed by atoms with van der Waals surface area (Å²) in [6.45, 7) is 1.27. The Bertz CT molecular complexity index is 1450. The van der Waals surface area contributed by atoms with Crippen molar-refractivity contribution in [3.05, 3.63) is 83.6 Å². The Morgan fingerprint density at radius 3 is 2.59 bits per heavy atom. The molecular weight excluding hydrogens is 453 g/mol. The number of aliphatic hydroxyl groups excluding tert-OH is 1. The second kappa shape index (κ2) is 8.30. The summed E-state index contributed by atoms with van der Waals surface area (Å²) in [4.78, 5) is 4.11. The highest BCUT2D eigenvalue weighted by molar-refractivity contribution is 7.90. The SMILES string of the molecule is Cc1ccc(S(=O)(=O)n2ccc3c(CO)c(Oc4ccnc(C(N)=S)c4)c(F)cc32)cc1. The summed E-state index contributed by atoms with van der Waals surface area (Å²) >= 11 is 4.89. The van der Waals surface area contributed by atoms with Crippen molar-refractivity contribution in [3.63, 3.8) is 0 Å². The molecule has 3 N–H and O–H groups in total. The Kier molecular flexibility index (Phi) is 5.68. The first-order valence-electron chi connectivity index (χ1n) is 9.41. The zero-order chi connectivity index (χ0) is 23.0. The first-order chi connectivity index (χ1) is 15.2. The number of hydrogen-bond donors (Lipinski definition) is 2. The molecule has 0 saturated carbocycles. The smallest absolute Gasteiger partial charge is 0.268 e. The fourth-order valence-electron chi connectivity index (χ4n) is 3.30. The molecule has 4 aromatic rings. The number of halogens is 1. The van der Waals surface area contributed by atoms with Gasteiger partial charge in [-0.25, -0.2) is 16.8 Å². The predicted molar refractivity (Wildman–Crippen MR) is 122 cm³/mol. The zero-order valence-corrected chi connectivity index (χ0v) is 18.5. The van der Waals surface area contributed by atoms with Crippen LogP contribution in [0.5, 0.6) is 11.5 Å². The summed E-state index contributed by atoms with van der Waals surface area (Å²) in [5.74, 6) is -0.859. The molecular formula is C22H18FN3O4S2. The number of nitrogens with zero attached hydrogens (tertiary/aromatic N) is 2. The van der Waals surface area contributed by atoms with Gasteiger partial charge in [-0.05, 0) is 31.2 Å². The van der Waals surface area contributed by atoms with Gasteiger partial charge in [0.2, 0.25) is 0 Å². The van der Waals surface area contributed by atoms with Crippen LogP contribution in [0.1, 0.15) is 16.8 Å². The molecule has 0 fully saturated rings. The van der Waals surface area contributed by atoms with Gasteiger partial charge in [0.1, 0.15) is 16.4 Å². The number of ether oxygens (including phenoxy) is 1. The predicted octanol–water partition coefficient (Wildman–Crippen LogP) is 3.64. The van der Waals surface area contributed by atoms with Gasteiger partial charge in [-0.1, -0.05) is 29.9 Å². The highest BCUT2D eigenvalue weighted by atomic mass is 32.2. The molecule has 164 valence electrons. The number of aryl methyl sites for hydroxylation is 1. The maximum absolute atomic E-state index is 15.1. The van der Waals surface area contributed by atoms with Crippen molar-refractivity contribution in [1.82, 2.24) is 8.96 Å². The third-order valence-electron chi connectivity index (χ3n) is 4.91. The molecule has 0 radical (unpaired) electrons. The van der Waals surface area contributed by atoms with Gasteiger partial charge in [0.05, 0.1) is 17.0 Å². The lowest BCUT2D eigenvalue weighted by Gasteiger charge is -2.14. The van der Waals surface area contributed by atoms with Crippen LogP contribution in [0.2, 0.25) is 0 Å². The molecule has 4 rings (SSSR count). The average Bonchev–Trinajstić information content (AvgIpc) is 3.19. The second-order valence-corrected chi connectivity index (χ2v) is 9.28. The maximum atomic E-state index is 15.1. The standard InChI is InChI=1S/C22H18FN3O4S2/c1-13-2-4-15(5-3-13)32(28,29)26-9-7-16-17(12-27)21(18(23)11-20(16)26)30-14-6-8-25-19(10-14)22(24)31/h2-11,27H,12H2,1H3,(H2,24,31). The minimum absolute atomic E-state index is 0.0483. The monoisotopic (exact) mass is 471 g/mol. The summed E-state index contributed by atoms with van der Waals surface area (Å²) in [5, 5.41) is 10.3. The molecule has 0 aliphatic rings. The number of hydrogen-bond acceptors (Lipinski definition) is 6. The van der Waals surface area contributed by atoms with Crippen LogP contribution in [0, 0.1) is 12.7 Å². The van der Waals surface area contributed by atoms with Crippen molar-refractivity contribution >= 4 is 38.1 Å². The number of benzene rings is 2. The van der Waals surface area contributed by atoms with E-state index in [1.165, 1.54) is 42.7 Å². The number of rotatable bonds is 6. The largest absolute Gasteiger partial charge is 0.454 e. The summed E-state index contributed by atoms with van der Waals surface area (Å²) in [6.07, 6.45) is 2.73. The molecule has 2 aromatic heterocycles. The van der Waals surface area contributed by atoms with Gasteiger partial charge in [-0.2, -0.15) is 0 Å². The highest BCUT2D eigenvalue weighted by Crippen LogP contribution is 2.36. The van der Waals surface area contributed by atoms with E-state index in [1.807, 2.05) is 6.92 Å². The van der Waals surface area contributed by atoms with E-state index >= 15 is 4.39 Å². The average molecular weight is 472 g/mol. The quantitative estimate of drug-likeness (QED) is 0.414. The summed E-state index contributed by atoms with van der Waals surface area (Å²) < 4.78 is 48.0. The van der Waals surface area contributed by atoms with Crippen LogP contribution in [0.15, 0.2) is 65.8 Å². The number of aromatic nitrogens is 2. The molecule has 0 bridgehead atoms. The van der Waals surface area contributed by atoms with Crippen molar-refractivity contribution in [2.75, 3.05) is 0 Å². The molecule has 0 amide bonds. The Hall–Kier alpha value is -3.34. The lowest BCUT2D eigenvalue weighted by molar-refractivity contribution is 0.276. The van der Waals surface area contributed by atoms with Gasteiger partial charge < -0.3 is 15.6 Å². The number of fused-ring (bicyclic) bond motifs is 1. The van der Waals surface area contributed by atoms with Crippen LogP contribution >= 0.6 is 12.2 Å². The highest BCUT2D eigenvalue weighted by Gasteiger charge is 2.23. The van der Waals surface area contributed by atoms with E-state index in [0.717, 1.165) is 15.6 Å². The van der Waals surface area contributed by atoms with Crippen LogP contribution in [0.3, 0.4) is 0 Å². The molecule has 2 heterocycles. The minimum Gasteiger partial charge on any atom is -0.454 e. The Labute approximate surface area is 188 Å².